The van der Waals surface area contributed by atoms with Crippen LogP contribution in [0, 0.1) is 0 Å². The lowest BCUT2D eigenvalue weighted by molar-refractivity contribution is 0.741. The summed E-state index contributed by atoms with van der Waals surface area (Å²) in [5.41, 5.74) is -1.25. The lowest BCUT2D eigenvalue weighted by Gasteiger charge is -2.00. The van der Waals surface area contributed by atoms with Crippen molar-refractivity contribution in [2.75, 3.05) is 0 Å². The fraction of sp³-hybridized carbons (Fsp3) is 0. The van der Waals surface area contributed by atoms with Gasteiger partial charge in [0.2, 0.25) is 0 Å². The zero-order valence-corrected chi connectivity index (χ0v) is 7.43. The van der Waals surface area contributed by atoms with Crippen LogP contribution in [0.25, 0.3) is 5.82 Å². The van der Waals surface area contributed by atoms with Crippen LogP contribution in [0.2, 0.25) is 0 Å². The molecule has 0 radical (unpaired) electrons. The molecule has 0 bridgehead atoms. The van der Waals surface area contributed by atoms with Gasteiger partial charge in [-0.05, 0) is 6.07 Å². The Morgan fingerprint density at radius 2 is 1.73 bits per heavy atom. The Morgan fingerprint density at radius 1 is 1.00 bits per heavy atom. The molecule has 0 saturated heterocycles. The first-order valence-electron chi connectivity index (χ1n) is 4.05. The molecule has 2 rings (SSSR count). The number of nitrogens with one attached hydrogen (secondary N) is 2. The molecule has 76 valence electrons. The second-order valence-electron chi connectivity index (χ2n) is 2.76. The maximum Gasteiger partial charge on any atom is 0.271 e. The molecule has 15 heavy (non-hydrogen) atoms. The van der Waals surface area contributed by atoms with Crippen LogP contribution >= 0.6 is 0 Å². The van der Waals surface area contributed by atoms with E-state index in [1.807, 2.05) is 0 Å². The molecule has 0 spiro atoms. The zero-order chi connectivity index (χ0) is 10.8. The molecule has 7 heteroatoms. The molecule has 0 aromatic carbocycles. The summed E-state index contributed by atoms with van der Waals surface area (Å²) in [4.78, 5) is 33.0. The van der Waals surface area contributed by atoms with Crippen LogP contribution in [0.3, 0.4) is 0 Å². The molecular weight excluding hydrogens is 200 g/mol. The molecule has 0 aliphatic carbocycles. The molecule has 0 amide bonds. The van der Waals surface area contributed by atoms with E-state index in [2.05, 4.69) is 15.3 Å². The molecule has 0 fully saturated rings. The molecule has 0 saturated carbocycles. The first kappa shape index (κ1) is 9.13. The molecule has 2 heterocycles. The van der Waals surface area contributed by atoms with Gasteiger partial charge in [-0.25, -0.2) is 5.10 Å². The van der Waals surface area contributed by atoms with E-state index in [0.717, 1.165) is 16.8 Å². The Bertz CT molecular complexity index is 631. The highest BCUT2D eigenvalue weighted by Gasteiger charge is 2.00. The van der Waals surface area contributed by atoms with Gasteiger partial charge in [0, 0.05) is 18.2 Å². The van der Waals surface area contributed by atoms with Crippen LogP contribution in [0.4, 0.5) is 0 Å². The smallest absolute Gasteiger partial charge is 0.268 e. The number of hydrogen-bond acceptors (Lipinski definition) is 4. The third-order valence-electron chi connectivity index (χ3n) is 1.71. The van der Waals surface area contributed by atoms with Gasteiger partial charge in [-0.15, -0.1) is 0 Å². The summed E-state index contributed by atoms with van der Waals surface area (Å²) in [5, 5.41) is 8.04. The van der Waals surface area contributed by atoms with Gasteiger partial charge < -0.3 is 0 Å². The Kier molecular flexibility index (Phi) is 2.05. The highest BCUT2D eigenvalue weighted by atomic mass is 16.2. The van der Waals surface area contributed by atoms with E-state index in [4.69, 9.17) is 0 Å². The van der Waals surface area contributed by atoms with Crippen LogP contribution in [-0.4, -0.2) is 20.0 Å². The summed E-state index contributed by atoms with van der Waals surface area (Å²) < 4.78 is 0.943. The molecule has 2 N–H and O–H groups in total. The van der Waals surface area contributed by atoms with Crippen molar-refractivity contribution in [2.45, 2.75) is 0 Å². The van der Waals surface area contributed by atoms with Crippen LogP contribution in [0.15, 0.2) is 38.6 Å². The standard InChI is InChI=1S/C8H6N4O3/c13-6-2-1-5(9-10-6)12-8(15)4-3-7(14)11-12/h1-4H,(H,10,13)(H,11,14). The molecule has 0 aliphatic heterocycles. The third-order valence-corrected chi connectivity index (χ3v) is 1.71. The lowest BCUT2D eigenvalue weighted by Crippen LogP contribution is -2.28. The summed E-state index contributed by atoms with van der Waals surface area (Å²) in [6.45, 7) is 0. The van der Waals surface area contributed by atoms with Crippen LogP contribution < -0.4 is 16.7 Å². The Balaban J connectivity index is 2.68. The number of hydrogen-bond donors (Lipinski definition) is 2. The normalized spacial score (nSPS) is 10.1. The quantitative estimate of drug-likeness (QED) is 0.599. The number of nitrogens with zero attached hydrogens (tertiary/aromatic N) is 2. The van der Waals surface area contributed by atoms with E-state index in [1.165, 1.54) is 12.1 Å². The second kappa shape index (κ2) is 3.37. The van der Waals surface area contributed by atoms with Crippen molar-refractivity contribution < 1.29 is 0 Å². The average molecular weight is 206 g/mol. The van der Waals surface area contributed by atoms with Crippen molar-refractivity contribution in [3.63, 3.8) is 0 Å². The third kappa shape index (κ3) is 1.75. The minimum atomic E-state index is -0.436. The number of rotatable bonds is 1. The monoisotopic (exact) mass is 206 g/mol. The van der Waals surface area contributed by atoms with Gasteiger partial charge in [0.25, 0.3) is 16.7 Å². The Labute approximate surface area is 82.0 Å². The molecule has 0 aliphatic rings. The molecule has 2 aromatic rings. The van der Waals surface area contributed by atoms with E-state index < -0.39 is 11.1 Å². The van der Waals surface area contributed by atoms with Gasteiger partial charge >= 0.3 is 0 Å². The Hall–Kier alpha value is -2.44. The van der Waals surface area contributed by atoms with Gasteiger partial charge in [0.1, 0.15) is 0 Å². The summed E-state index contributed by atoms with van der Waals surface area (Å²) in [5.74, 6) is 0.150. The van der Waals surface area contributed by atoms with Crippen molar-refractivity contribution in [1.29, 1.82) is 0 Å². The fourth-order valence-electron chi connectivity index (χ4n) is 1.06. The van der Waals surface area contributed by atoms with E-state index >= 15 is 0 Å². The van der Waals surface area contributed by atoms with E-state index in [9.17, 15) is 14.4 Å². The summed E-state index contributed by atoms with van der Waals surface area (Å²) >= 11 is 0. The second-order valence-corrected chi connectivity index (χ2v) is 2.76. The summed E-state index contributed by atoms with van der Waals surface area (Å²) in [7, 11) is 0. The minimum absolute atomic E-state index is 0.150. The van der Waals surface area contributed by atoms with E-state index in [-0.39, 0.29) is 11.4 Å². The van der Waals surface area contributed by atoms with Crippen molar-refractivity contribution in [2.24, 2.45) is 0 Å². The number of aromatic nitrogens is 4. The molecule has 7 nitrogen and oxygen atoms in total. The van der Waals surface area contributed by atoms with Crippen LogP contribution in [0.1, 0.15) is 0 Å². The fourth-order valence-corrected chi connectivity index (χ4v) is 1.06. The highest BCUT2D eigenvalue weighted by Crippen LogP contribution is 1.89. The average Bonchev–Trinajstić information content (AvgIpc) is 2.23. The van der Waals surface area contributed by atoms with Crippen molar-refractivity contribution >= 4 is 0 Å². The van der Waals surface area contributed by atoms with Gasteiger partial charge in [-0.3, -0.25) is 19.5 Å². The van der Waals surface area contributed by atoms with E-state index in [1.54, 1.807) is 0 Å². The first-order chi connectivity index (χ1) is 7.16. The van der Waals surface area contributed by atoms with Gasteiger partial charge in [-0.2, -0.15) is 9.78 Å². The highest BCUT2D eigenvalue weighted by molar-refractivity contribution is 5.16. The molecular formula is C8H6N4O3. The Morgan fingerprint density at radius 3 is 2.40 bits per heavy atom. The van der Waals surface area contributed by atoms with Crippen molar-refractivity contribution in [1.82, 2.24) is 20.0 Å². The predicted octanol–water partition coefficient (Wildman–Crippen LogP) is -1.39. The largest absolute Gasteiger partial charge is 0.271 e. The van der Waals surface area contributed by atoms with Crippen LogP contribution in [-0.2, 0) is 0 Å². The molecule has 0 atom stereocenters. The number of H-pyrrole nitrogens is 2. The molecule has 0 unspecified atom stereocenters. The van der Waals surface area contributed by atoms with Gasteiger partial charge in [0.15, 0.2) is 5.82 Å². The van der Waals surface area contributed by atoms with Gasteiger partial charge in [0.05, 0.1) is 0 Å². The maximum absolute atomic E-state index is 11.3. The topological polar surface area (TPSA) is 101 Å². The summed E-state index contributed by atoms with van der Waals surface area (Å²) in [6, 6.07) is 4.77. The van der Waals surface area contributed by atoms with Crippen molar-refractivity contribution in [3.05, 3.63) is 55.3 Å². The maximum atomic E-state index is 11.3. The predicted molar refractivity (Wildman–Crippen MR) is 51.1 cm³/mol. The summed E-state index contributed by atoms with van der Waals surface area (Å²) in [6.07, 6.45) is 0. The molecule has 2 aromatic heterocycles. The number of aromatic amines is 2. The zero-order valence-electron chi connectivity index (χ0n) is 7.43. The minimum Gasteiger partial charge on any atom is -0.268 e. The lowest BCUT2D eigenvalue weighted by atomic mass is 10.5. The van der Waals surface area contributed by atoms with Gasteiger partial charge in [-0.1, -0.05) is 0 Å². The first-order valence-corrected chi connectivity index (χ1v) is 4.05. The SMILES string of the molecule is O=c1ccc(-n2[nH]c(=O)ccc2=O)n[nH]1. The van der Waals surface area contributed by atoms with Crippen LogP contribution in [0.5, 0.6) is 0 Å². The van der Waals surface area contributed by atoms with E-state index in [0.29, 0.717) is 0 Å². The van der Waals surface area contributed by atoms with Crippen molar-refractivity contribution in [3.8, 4) is 5.82 Å².